The van der Waals surface area contributed by atoms with Crippen LogP contribution in [0, 0.1) is 11.8 Å². The zero-order valence-electron chi connectivity index (χ0n) is 12.0. The lowest BCUT2D eigenvalue weighted by Crippen LogP contribution is -2.29. The number of nitrogens with one attached hydrogen (secondary N) is 1. The third kappa shape index (κ3) is 8.48. The quantitative estimate of drug-likeness (QED) is 0.527. The Bertz CT molecular complexity index is 190. The molecule has 2 unspecified atom stereocenters. The monoisotopic (exact) mass is 258 g/mol. The van der Waals surface area contributed by atoms with Crippen LogP contribution in [0.25, 0.3) is 0 Å². The molecule has 2 atom stereocenters. The second-order valence-electron chi connectivity index (χ2n) is 4.98. The molecule has 0 fully saturated rings. The first-order valence-corrected chi connectivity index (χ1v) is 7.25. The molecule has 0 aromatic rings. The van der Waals surface area contributed by atoms with Gasteiger partial charge in [0.15, 0.2) is 0 Å². The molecule has 0 bridgehead atoms. The third-order valence-corrected chi connectivity index (χ3v) is 3.63. The Balaban J connectivity index is 3.75. The number of hydrogen-bond acceptors (Lipinski definition) is 3. The lowest BCUT2D eigenvalue weighted by atomic mass is 9.96. The van der Waals surface area contributed by atoms with Crippen LogP contribution in [0.2, 0.25) is 0 Å². The Morgan fingerprint density at radius 2 is 1.83 bits per heavy atom. The molecule has 0 heterocycles. The lowest BCUT2D eigenvalue weighted by molar-refractivity contribution is -0.121. The predicted octanol–water partition coefficient (Wildman–Crippen LogP) is 1.67. The Morgan fingerprint density at radius 3 is 2.33 bits per heavy atom. The van der Waals surface area contributed by atoms with Gasteiger partial charge in [-0.15, -0.1) is 0 Å². The summed E-state index contributed by atoms with van der Waals surface area (Å²) in [6.07, 6.45) is 5.37. The molecule has 0 aliphatic heterocycles. The molecule has 0 spiro atoms. The van der Waals surface area contributed by atoms with Crippen molar-refractivity contribution >= 4 is 5.91 Å². The molecule has 0 aliphatic rings. The molecule has 0 aliphatic carbocycles. The number of hydrogen-bond donors (Lipinski definition) is 3. The summed E-state index contributed by atoms with van der Waals surface area (Å²) >= 11 is 0. The summed E-state index contributed by atoms with van der Waals surface area (Å²) in [5.41, 5.74) is 5.54. The van der Waals surface area contributed by atoms with Crippen molar-refractivity contribution in [1.29, 1.82) is 0 Å². The lowest BCUT2D eigenvalue weighted by Gasteiger charge is -2.16. The van der Waals surface area contributed by atoms with Gasteiger partial charge >= 0.3 is 0 Å². The highest BCUT2D eigenvalue weighted by Gasteiger charge is 2.11. The topological polar surface area (TPSA) is 75.4 Å². The minimum Gasteiger partial charge on any atom is -0.396 e. The van der Waals surface area contributed by atoms with E-state index in [2.05, 4.69) is 19.2 Å². The van der Waals surface area contributed by atoms with Crippen molar-refractivity contribution < 1.29 is 9.90 Å². The van der Waals surface area contributed by atoms with Gasteiger partial charge in [-0.25, -0.2) is 0 Å². The third-order valence-electron chi connectivity index (χ3n) is 3.63. The Morgan fingerprint density at radius 1 is 1.17 bits per heavy atom. The summed E-state index contributed by atoms with van der Waals surface area (Å²) < 4.78 is 0. The van der Waals surface area contributed by atoms with Gasteiger partial charge < -0.3 is 16.2 Å². The van der Waals surface area contributed by atoms with Crippen molar-refractivity contribution in [1.82, 2.24) is 5.32 Å². The van der Waals surface area contributed by atoms with E-state index < -0.39 is 0 Å². The van der Waals surface area contributed by atoms with E-state index in [0.29, 0.717) is 31.3 Å². The molecular formula is C14H30N2O2. The van der Waals surface area contributed by atoms with Gasteiger partial charge in [0.05, 0.1) is 0 Å². The van der Waals surface area contributed by atoms with Gasteiger partial charge in [0.1, 0.15) is 0 Å². The van der Waals surface area contributed by atoms with Gasteiger partial charge in [0, 0.05) is 19.6 Å². The maximum Gasteiger partial charge on any atom is 0.220 e. The van der Waals surface area contributed by atoms with E-state index in [1.807, 2.05) is 0 Å². The van der Waals surface area contributed by atoms with Crippen molar-refractivity contribution in [2.24, 2.45) is 17.6 Å². The van der Waals surface area contributed by atoms with E-state index in [-0.39, 0.29) is 12.5 Å². The van der Waals surface area contributed by atoms with Crippen LogP contribution in [-0.4, -0.2) is 30.7 Å². The number of carbonyl (C=O) groups is 1. The summed E-state index contributed by atoms with van der Waals surface area (Å²) in [7, 11) is 0. The van der Waals surface area contributed by atoms with Crippen LogP contribution >= 0.6 is 0 Å². The minimum atomic E-state index is 0.127. The predicted molar refractivity (Wildman–Crippen MR) is 75.2 cm³/mol. The molecule has 0 radical (unpaired) electrons. The second-order valence-corrected chi connectivity index (χ2v) is 4.98. The fourth-order valence-electron chi connectivity index (χ4n) is 2.10. The molecule has 4 N–H and O–H groups in total. The zero-order valence-corrected chi connectivity index (χ0v) is 12.0. The molecule has 0 saturated carbocycles. The van der Waals surface area contributed by atoms with Crippen molar-refractivity contribution in [3.63, 3.8) is 0 Å². The molecule has 0 saturated heterocycles. The molecule has 0 rings (SSSR count). The number of aliphatic hydroxyl groups excluding tert-OH is 1. The van der Waals surface area contributed by atoms with Crippen LogP contribution in [-0.2, 0) is 4.79 Å². The summed E-state index contributed by atoms with van der Waals surface area (Å²) in [6.45, 7) is 5.81. The smallest absolute Gasteiger partial charge is 0.220 e. The summed E-state index contributed by atoms with van der Waals surface area (Å²) in [5.74, 6) is 1.09. The summed E-state index contributed by atoms with van der Waals surface area (Å²) in [5, 5.41) is 11.8. The van der Waals surface area contributed by atoms with Crippen molar-refractivity contribution in [3.8, 4) is 0 Å². The van der Waals surface area contributed by atoms with Gasteiger partial charge in [0.2, 0.25) is 5.91 Å². The number of rotatable bonds is 11. The largest absolute Gasteiger partial charge is 0.396 e. The van der Waals surface area contributed by atoms with Crippen LogP contribution in [0.3, 0.4) is 0 Å². The van der Waals surface area contributed by atoms with Crippen LogP contribution in [0.15, 0.2) is 0 Å². The van der Waals surface area contributed by atoms with Gasteiger partial charge in [-0.3, -0.25) is 4.79 Å². The molecular weight excluding hydrogens is 228 g/mol. The number of amides is 1. The van der Waals surface area contributed by atoms with Crippen molar-refractivity contribution in [2.75, 3.05) is 19.7 Å². The highest BCUT2D eigenvalue weighted by Crippen LogP contribution is 2.14. The molecule has 4 nitrogen and oxygen atoms in total. The first-order valence-electron chi connectivity index (χ1n) is 7.25. The van der Waals surface area contributed by atoms with Crippen molar-refractivity contribution in [3.05, 3.63) is 0 Å². The highest BCUT2D eigenvalue weighted by atomic mass is 16.3. The van der Waals surface area contributed by atoms with Crippen molar-refractivity contribution in [2.45, 2.75) is 52.4 Å². The van der Waals surface area contributed by atoms with Crippen LogP contribution in [0.4, 0.5) is 0 Å². The van der Waals surface area contributed by atoms with Crippen LogP contribution < -0.4 is 11.1 Å². The molecule has 0 aromatic carbocycles. The fraction of sp³-hybridized carbons (Fsp3) is 0.929. The van der Waals surface area contributed by atoms with E-state index in [1.54, 1.807) is 0 Å². The Kier molecular flexibility index (Phi) is 11.1. The average molecular weight is 258 g/mol. The molecule has 18 heavy (non-hydrogen) atoms. The second kappa shape index (κ2) is 11.5. The van der Waals surface area contributed by atoms with Gasteiger partial charge in [-0.05, 0) is 37.6 Å². The van der Waals surface area contributed by atoms with Gasteiger partial charge in [0.25, 0.3) is 0 Å². The van der Waals surface area contributed by atoms with E-state index in [9.17, 15) is 4.79 Å². The van der Waals surface area contributed by atoms with E-state index in [4.69, 9.17) is 10.8 Å². The first-order chi connectivity index (χ1) is 8.67. The molecule has 1 amide bonds. The summed E-state index contributed by atoms with van der Waals surface area (Å²) in [4.78, 5) is 11.7. The Hall–Kier alpha value is -0.610. The average Bonchev–Trinajstić information content (AvgIpc) is 2.39. The first kappa shape index (κ1) is 17.4. The van der Waals surface area contributed by atoms with E-state index in [1.165, 1.54) is 0 Å². The van der Waals surface area contributed by atoms with Gasteiger partial charge in [-0.1, -0.05) is 26.7 Å². The number of carbonyl (C=O) groups excluding carboxylic acids is 1. The number of aliphatic hydroxyl groups is 1. The van der Waals surface area contributed by atoms with E-state index >= 15 is 0 Å². The standard InChI is InChI=1S/C14H30N2O2/c1-3-12(7-9-15)5-6-14(18)16-11-13(4-2)8-10-17/h12-13,17H,3-11,15H2,1-2H3,(H,16,18). The Labute approximate surface area is 111 Å². The summed E-state index contributed by atoms with van der Waals surface area (Å²) in [6, 6.07) is 0. The van der Waals surface area contributed by atoms with Gasteiger partial charge in [-0.2, -0.15) is 0 Å². The maximum atomic E-state index is 11.7. The minimum absolute atomic E-state index is 0.127. The fourth-order valence-corrected chi connectivity index (χ4v) is 2.10. The maximum absolute atomic E-state index is 11.7. The van der Waals surface area contributed by atoms with Crippen LogP contribution in [0.1, 0.15) is 52.4 Å². The molecule has 4 heteroatoms. The van der Waals surface area contributed by atoms with Crippen LogP contribution in [0.5, 0.6) is 0 Å². The normalized spacial score (nSPS) is 14.2. The SMILES string of the molecule is CCC(CCN)CCC(=O)NCC(CC)CCO. The molecule has 0 aromatic heterocycles. The van der Waals surface area contributed by atoms with E-state index in [0.717, 1.165) is 32.1 Å². The number of nitrogens with two attached hydrogens (primary N) is 1. The zero-order chi connectivity index (χ0) is 13.8. The highest BCUT2D eigenvalue weighted by molar-refractivity contribution is 5.75. The molecule has 108 valence electrons.